The fourth-order valence-electron chi connectivity index (χ4n) is 3.86. The average molecular weight is 336 g/mol. The monoisotopic (exact) mass is 336 g/mol. The molecular weight excluding hydrogens is 316 g/mol. The van der Waals surface area contributed by atoms with E-state index < -0.39 is 0 Å². The zero-order valence-electron chi connectivity index (χ0n) is 14.4. The molecule has 128 valence electrons. The molecule has 1 amide bonds. The standard InChI is InChI=1S/C18H20N6O/c1-11-9-22(10-15-20-21-17(24(11)15)13-6-7-13)18(25)16-12(2)19-14-5-3-4-8-23(14)16/h3-5,8,11,13H,6-7,9-10H2,1-2H3/t11-/m0/s1. The maximum atomic E-state index is 13.2. The van der Waals surface area contributed by atoms with Crippen molar-refractivity contribution in [2.24, 2.45) is 0 Å². The van der Waals surface area contributed by atoms with Crippen molar-refractivity contribution >= 4 is 11.6 Å². The minimum absolute atomic E-state index is 0.00488. The van der Waals surface area contributed by atoms with E-state index in [1.165, 1.54) is 12.8 Å². The first kappa shape index (κ1) is 14.6. The van der Waals surface area contributed by atoms with Gasteiger partial charge in [0.15, 0.2) is 5.82 Å². The lowest BCUT2D eigenvalue weighted by Crippen LogP contribution is -2.41. The molecule has 0 unspecified atom stereocenters. The van der Waals surface area contributed by atoms with Crippen molar-refractivity contribution in [2.75, 3.05) is 6.54 Å². The predicted molar refractivity (Wildman–Crippen MR) is 91.4 cm³/mol. The van der Waals surface area contributed by atoms with E-state index in [4.69, 9.17) is 0 Å². The van der Waals surface area contributed by atoms with E-state index in [0.29, 0.717) is 24.7 Å². The number of fused-ring (bicyclic) bond motifs is 2. The van der Waals surface area contributed by atoms with Gasteiger partial charge in [-0.15, -0.1) is 10.2 Å². The summed E-state index contributed by atoms with van der Waals surface area (Å²) in [5.41, 5.74) is 2.19. The highest BCUT2D eigenvalue weighted by Gasteiger charge is 2.36. The van der Waals surface area contributed by atoms with Gasteiger partial charge in [-0.25, -0.2) is 4.98 Å². The normalized spacial score (nSPS) is 20.1. The lowest BCUT2D eigenvalue weighted by atomic mass is 10.2. The van der Waals surface area contributed by atoms with E-state index in [-0.39, 0.29) is 11.9 Å². The summed E-state index contributed by atoms with van der Waals surface area (Å²) in [6.07, 6.45) is 4.30. The minimum Gasteiger partial charge on any atom is -0.328 e. The van der Waals surface area contributed by atoms with Crippen LogP contribution in [-0.4, -0.2) is 41.5 Å². The fourth-order valence-corrected chi connectivity index (χ4v) is 3.86. The molecule has 3 aromatic heterocycles. The summed E-state index contributed by atoms with van der Waals surface area (Å²) in [6.45, 7) is 5.20. The van der Waals surface area contributed by atoms with Gasteiger partial charge in [-0.3, -0.25) is 9.20 Å². The van der Waals surface area contributed by atoms with Crippen molar-refractivity contribution in [3.8, 4) is 0 Å². The number of nitrogens with zero attached hydrogens (tertiary/aromatic N) is 6. The Hall–Kier alpha value is -2.70. The molecule has 0 bridgehead atoms. The molecule has 0 saturated heterocycles. The maximum absolute atomic E-state index is 13.2. The summed E-state index contributed by atoms with van der Waals surface area (Å²) >= 11 is 0. The van der Waals surface area contributed by atoms with Gasteiger partial charge >= 0.3 is 0 Å². The van der Waals surface area contributed by atoms with Crippen LogP contribution in [0.15, 0.2) is 24.4 Å². The lowest BCUT2D eigenvalue weighted by Gasteiger charge is -2.32. The van der Waals surface area contributed by atoms with Gasteiger partial charge in [-0.1, -0.05) is 6.07 Å². The van der Waals surface area contributed by atoms with Crippen LogP contribution in [0.2, 0.25) is 0 Å². The van der Waals surface area contributed by atoms with Crippen molar-refractivity contribution in [3.05, 3.63) is 47.4 Å². The van der Waals surface area contributed by atoms with Crippen LogP contribution in [-0.2, 0) is 6.54 Å². The number of imidazole rings is 1. The smallest absolute Gasteiger partial charge is 0.273 e. The first-order valence-electron chi connectivity index (χ1n) is 8.80. The van der Waals surface area contributed by atoms with Crippen LogP contribution >= 0.6 is 0 Å². The highest BCUT2D eigenvalue weighted by atomic mass is 16.2. The molecule has 1 aliphatic carbocycles. The number of hydrogen-bond donors (Lipinski definition) is 0. The van der Waals surface area contributed by atoms with Crippen LogP contribution in [0.3, 0.4) is 0 Å². The molecule has 4 heterocycles. The predicted octanol–water partition coefficient (Wildman–Crippen LogP) is 2.33. The number of carbonyl (C=O) groups is 1. The molecule has 25 heavy (non-hydrogen) atoms. The Kier molecular flexibility index (Phi) is 3.01. The summed E-state index contributed by atoms with van der Waals surface area (Å²) in [5, 5.41) is 8.76. The molecule has 5 rings (SSSR count). The number of hydrogen-bond acceptors (Lipinski definition) is 4. The third-order valence-electron chi connectivity index (χ3n) is 5.19. The number of pyridine rings is 1. The third kappa shape index (κ3) is 2.18. The van der Waals surface area contributed by atoms with E-state index >= 15 is 0 Å². The Balaban J connectivity index is 1.51. The van der Waals surface area contributed by atoms with Gasteiger partial charge in [0, 0.05) is 18.7 Å². The topological polar surface area (TPSA) is 68.3 Å². The van der Waals surface area contributed by atoms with Crippen LogP contribution in [0, 0.1) is 6.92 Å². The summed E-state index contributed by atoms with van der Waals surface area (Å²) in [6, 6.07) is 5.96. The summed E-state index contributed by atoms with van der Waals surface area (Å²) in [7, 11) is 0. The van der Waals surface area contributed by atoms with Crippen molar-refractivity contribution in [2.45, 2.75) is 45.2 Å². The van der Waals surface area contributed by atoms with E-state index in [1.807, 2.05) is 40.6 Å². The van der Waals surface area contributed by atoms with Crippen LogP contribution in [0.5, 0.6) is 0 Å². The molecular formula is C18H20N6O. The molecule has 0 N–H and O–H groups in total. The second kappa shape index (κ2) is 5.15. The summed E-state index contributed by atoms with van der Waals surface area (Å²) < 4.78 is 4.11. The van der Waals surface area contributed by atoms with Crippen LogP contribution < -0.4 is 0 Å². The van der Waals surface area contributed by atoms with Crippen molar-refractivity contribution < 1.29 is 4.79 Å². The van der Waals surface area contributed by atoms with Crippen molar-refractivity contribution in [3.63, 3.8) is 0 Å². The first-order chi connectivity index (χ1) is 12.1. The molecule has 0 radical (unpaired) electrons. The third-order valence-corrected chi connectivity index (χ3v) is 5.19. The van der Waals surface area contributed by atoms with Gasteiger partial charge in [0.05, 0.1) is 18.3 Å². The van der Waals surface area contributed by atoms with Gasteiger partial charge in [-0.2, -0.15) is 0 Å². The number of aromatic nitrogens is 5. The van der Waals surface area contributed by atoms with Crippen LogP contribution in [0.1, 0.15) is 59.6 Å². The van der Waals surface area contributed by atoms with E-state index in [2.05, 4.69) is 26.7 Å². The average Bonchev–Trinajstić information content (AvgIpc) is 3.26. The molecule has 1 saturated carbocycles. The summed E-state index contributed by atoms with van der Waals surface area (Å²) in [5.74, 6) is 2.55. The molecule has 0 aromatic carbocycles. The van der Waals surface area contributed by atoms with Crippen LogP contribution in [0.25, 0.3) is 5.65 Å². The molecule has 3 aromatic rings. The maximum Gasteiger partial charge on any atom is 0.273 e. The summed E-state index contributed by atoms with van der Waals surface area (Å²) in [4.78, 5) is 19.6. The van der Waals surface area contributed by atoms with Gasteiger partial charge in [0.25, 0.3) is 5.91 Å². The van der Waals surface area contributed by atoms with Gasteiger partial charge < -0.3 is 9.47 Å². The molecule has 2 aliphatic rings. The Bertz CT molecular complexity index is 983. The van der Waals surface area contributed by atoms with E-state index in [9.17, 15) is 4.79 Å². The van der Waals surface area contributed by atoms with Gasteiger partial charge in [0.2, 0.25) is 0 Å². The Morgan fingerprint density at radius 1 is 1.24 bits per heavy atom. The highest BCUT2D eigenvalue weighted by molar-refractivity contribution is 5.94. The van der Waals surface area contributed by atoms with E-state index in [1.54, 1.807) is 0 Å². The molecule has 1 atom stereocenters. The van der Waals surface area contributed by atoms with E-state index in [0.717, 1.165) is 23.0 Å². The number of aryl methyl sites for hydroxylation is 1. The second-order valence-corrected chi connectivity index (χ2v) is 7.13. The number of amides is 1. The molecule has 7 nitrogen and oxygen atoms in total. The molecule has 1 aliphatic heterocycles. The fraction of sp³-hybridized carbons (Fsp3) is 0.444. The van der Waals surface area contributed by atoms with Crippen LogP contribution in [0.4, 0.5) is 0 Å². The largest absolute Gasteiger partial charge is 0.328 e. The van der Waals surface area contributed by atoms with Crippen molar-refractivity contribution in [1.29, 1.82) is 0 Å². The highest BCUT2D eigenvalue weighted by Crippen LogP contribution is 2.41. The Morgan fingerprint density at radius 3 is 2.88 bits per heavy atom. The van der Waals surface area contributed by atoms with Crippen molar-refractivity contribution in [1.82, 2.24) is 29.0 Å². The number of rotatable bonds is 2. The SMILES string of the molecule is Cc1nc2ccccn2c1C(=O)N1Cc2nnc(C3CC3)n2[C@@H](C)C1. The zero-order chi connectivity index (χ0) is 17.1. The van der Waals surface area contributed by atoms with Gasteiger partial charge in [0.1, 0.15) is 17.2 Å². The van der Waals surface area contributed by atoms with Gasteiger partial charge in [-0.05, 0) is 38.8 Å². The minimum atomic E-state index is 0.00488. The first-order valence-corrected chi connectivity index (χ1v) is 8.80. The Morgan fingerprint density at radius 2 is 2.08 bits per heavy atom. The Labute approximate surface area is 145 Å². The second-order valence-electron chi connectivity index (χ2n) is 7.13. The number of carbonyl (C=O) groups excluding carboxylic acids is 1. The lowest BCUT2D eigenvalue weighted by molar-refractivity contribution is 0.0671. The quantitative estimate of drug-likeness (QED) is 0.720. The molecule has 7 heteroatoms. The molecule has 1 fully saturated rings. The zero-order valence-corrected chi connectivity index (χ0v) is 14.4. The molecule has 0 spiro atoms.